The molecule has 13 heavy (non-hydrogen) atoms. The van der Waals surface area contributed by atoms with Crippen LogP contribution in [-0.4, -0.2) is 11.9 Å². The van der Waals surface area contributed by atoms with Gasteiger partial charge in [0, 0.05) is 12.0 Å². The highest BCUT2D eigenvalue weighted by Gasteiger charge is 2.43. The van der Waals surface area contributed by atoms with Gasteiger partial charge in [0.15, 0.2) is 0 Å². The topological polar surface area (TPSA) is 29.1 Å². The van der Waals surface area contributed by atoms with E-state index in [-0.39, 0.29) is 0 Å². The van der Waals surface area contributed by atoms with Gasteiger partial charge in [-0.2, -0.15) is 0 Å². The molecule has 0 spiro atoms. The zero-order valence-electron chi connectivity index (χ0n) is 7.96. The lowest BCUT2D eigenvalue weighted by atomic mass is 9.88. The van der Waals surface area contributed by atoms with Gasteiger partial charge < -0.3 is 5.32 Å². The van der Waals surface area contributed by atoms with E-state index in [9.17, 15) is 4.79 Å². The van der Waals surface area contributed by atoms with Gasteiger partial charge in [0.05, 0.1) is 0 Å². The predicted octanol–water partition coefficient (Wildman–Crippen LogP) is 1.70. The molecule has 3 rings (SSSR count). The van der Waals surface area contributed by atoms with E-state index in [0.717, 1.165) is 11.8 Å². The van der Waals surface area contributed by atoms with E-state index in [1.165, 1.54) is 38.5 Å². The number of hydrogen-bond donors (Lipinski definition) is 1. The Bertz CT molecular complexity index is 234. The zero-order valence-corrected chi connectivity index (χ0v) is 7.96. The summed E-state index contributed by atoms with van der Waals surface area (Å²) in [6, 6.07) is 0.548. The van der Waals surface area contributed by atoms with Crippen molar-refractivity contribution >= 4 is 5.91 Å². The highest BCUT2D eigenvalue weighted by atomic mass is 16.2. The van der Waals surface area contributed by atoms with Gasteiger partial charge in [-0.3, -0.25) is 4.79 Å². The molecule has 0 aromatic rings. The van der Waals surface area contributed by atoms with Crippen molar-refractivity contribution in [3.05, 3.63) is 0 Å². The smallest absolute Gasteiger partial charge is 0.223 e. The van der Waals surface area contributed by atoms with Crippen LogP contribution in [-0.2, 0) is 4.79 Å². The van der Waals surface area contributed by atoms with Gasteiger partial charge in [-0.25, -0.2) is 0 Å². The molecule has 0 aromatic carbocycles. The van der Waals surface area contributed by atoms with Gasteiger partial charge in [-0.15, -0.1) is 0 Å². The fourth-order valence-electron chi connectivity index (χ4n) is 3.10. The molecule has 3 aliphatic carbocycles. The minimum atomic E-state index is 0.370. The molecule has 72 valence electrons. The second kappa shape index (κ2) is 2.73. The van der Waals surface area contributed by atoms with Crippen molar-refractivity contribution < 1.29 is 4.79 Å². The molecule has 2 nitrogen and oxygen atoms in total. The molecule has 2 bridgehead atoms. The summed E-state index contributed by atoms with van der Waals surface area (Å²) in [6.45, 7) is 0. The first kappa shape index (κ1) is 7.84. The Morgan fingerprint density at radius 2 is 1.92 bits per heavy atom. The molecule has 1 amide bonds. The number of amides is 1. The quantitative estimate of drug-likeness (QED) is 0.687. The number of carbonyl (C=O) groups excluding carboxylic acids is 1. The monoisotopic (exact) mass is 179 g/mol. The zero-order chi connectivity index (χ0) is 8.84. The molecule has 3 fully saturated rings. The maximum absolute atomic E-state index is 11.8. The first-order chi connectivity index (χ1) is 6.33. The van der Waals surface area contributed by atoms with Crippen molar-refractivity contribution in [3.8, 4) is 0 Å². The molecule has 0 aliphatic heterocycles. The third-order valence-corrected chi connectivity index (χ3v) is 4.00. The molecule has 0 aromatic heterocycles. The Labute approximate surface area is 79.1 Å². The van der Waals surface area contributed by atoms with E-state index < -0.39 is 0 Å². The van der Waals surface area contributed by atoms with Gasteiger partial charge >= 0.3 is 0 Å². The standard InChI is InChI=1S/C11H17NO/c13-11(12-9-3-4-9)10-6-7-1-2-8(10)5-7/h7-10H,1-6H2,(H,12,13)/t7-,8+,10+/m0/s1. The lowest BCUT2D eigenvalue weighted by Crippen LogP contribution is -2.34. The van der Waals surface area contributed by atoms with Gasteiger partial charge in [-0.05, 0) is 43.9 Å². The summed E-state index contributed by atoms with van der Waals surface area (Å²) >= 11 is 0. The first-order valence-corrected chi connectivity index (χ1v) is 5.63. The van der Waals surface area contributed by atoms with E-state index in [2.05, 4.69) is 5.32 Å². The molecule has 0 radical (unpaired) electrons. The lowest BCUT2D eigenvalue weighted by molar-refractivity contribution is -0.126. The summed E-state index contributed by atoms with van der Waals surface area (Å²) in [6.07, 6.45) is 7.65. The molecule has 0 saturated heterocycles. The van der Waals surface area contributed by atoms with Gasteiger partial charge in [0.1, 0.15) is 0 Å². The van der Waals surface area contributed by atoms with E-state index in [0.29, 0.717) is 17.9 Å². The minimum absolute atomic E-state index is 0.370. The average Bonchev–Trinajstić information content (AvgIpc) is 2.71. The molecule has 0 heterocycles. The van der Waals surface area contributed by atoms with Crippen molar-refractivity contribution in [2.45, 2.75) is 44.6 Å². The molecule has 3 aliphatic rings. The number of fused-ring (bicyclic) bond motifs is 2. The van der Waals surface area contributed by atoms with Crippen LogP contribution in [0.4, 0.5) is 0 Å². The molecular weight excluding hydrogens is 162 g/mol. The van der Waals surface area contributed by atoms with Crippen LogP contribution in [0.25, 0.3) is 0 Å². The molecule has 1 N–H and O–H groups in total. The molecule has 0 unspecified atom stereocenters. The summed E-state index contributed by atoms with van der Waals surface area (Å²) in [7, 11) is 0. The third kappa shape index (κ3) is 1.36. The highest BCUT2D eigenvalue weighted by molar-refractivity contribution is 5.80. The Balaban J connectivity index is 1.61. The Kier molecular flexibility index (Phi) is 1.64. The molecular formula is C11H17NO. The first-order valence-electron chi connectivity index (χ1n) is 5.63. The SMILES string of the molecule is O=C(NC1CC1)[C@@H]1C[C@H]2CC[C@@H]1C2. The molecule has 3 atom stereocenters. The molecule has 2 heteroatoms. The van der Waals surface area contributed by atoms with Gasteiger partial charge in [-0.1, -0.05) is 6.42 Å². The normalized spacial score (nSPS) is 42.3. The second-order valence-electron chi connectivity index (χ2n) is 5.06. The van der Waals surface area contributed by atoms with Crippen LogP contribution in [0.5, 0.6) is 0 Å². The van der Waals surface area contributed by atoms with Crippen LogP contribution in [0, 0.1) is 17.8 Å². The van der Waals surface area contributed by atoms with E-state index in [1.807, 2.05) is 0 Å². The van der Waals surface area contributed by atoms with Crippen molar-refractivity contribution in [1.82, 2.24) is 5.32 Å². The molecule has 3 saturated carbocycles. The van der Waals surface area contributed by atoms with Gasteiger partial charge in [0.2, 0.25) is 5.91 Å². The second-order valence-corrected chi connectivity index (χ2v) is 5.06. The summed E-state index contributed by atoms with van der Waals surface area (Å²) in [4.78, 5) is 11.8. The van der Waals surface area contributed by atoms with Crippen LogP contribution in [0.1, 0.15) is 38.5 Å². The van der Waals surface area contributed by atoms with Crippen LogP contribution < -0.4 is 5.32 Å². The van der Waals surface area contributed by atoms with E-state index in [1.54, 1.807) is 0 Å². The van der Waals surface area contributed by atoms with E-state index in [4.69, 9.17) is 0 Å². The summed E-state index contributed by atoms with van der Waals surface area (Å²) in [5.74, 6) is 2.39. The number of rotatable bonds is 2. The fraction of sp³-hybridized carbons (Fsp3) is 0.909. The predicted molar refractivity (Wildman–Crippen MR) is 50.1 cm³/mol. The summed E-state index contributed by atoms with van der Waals surface area (Å²) in [5, 5.41) is 3.14. The van der Waals surface area contributed by atoms with Crippen molar-refractivity contribution in [1.29, 1.82) is 0 Å². The number of nitrogens with one attached hydrogen (secondary N) is 1. The van der Waals surface area contributed by atoms with E-state index >= 15 is 0 Å². The maximum Gasteiger partial charge on any atom is 0.223 e. The van der Waals surface area contributed by atoms with Crippen LogP contribution in [0.2, 0.25) is 0 Å². The Morgan fingerprint density at radius 1 is 1.08 bits per heavy atom. The fourth-order valence-corrected chi connectivity index (χ4v) is 3.10. The Hall–Kier alpha value is -0.530. The highest BCUT2D eigenvalue weighted by Crippen LogP contribution is 2.48. The summed E-state index contributed by atoms with van der Waals surface area (Å²) in [5.41, 5.74) is 0. The summed E-state index contributed by atoms with van der Waals surface area (Å²) < 4.78 is 0. The van der Waals surface area contributed by atoms with Crippen molar-refractivity contribution in [2.75, 3.05) is 0 Å². The van der Waals surface area contributed by atoms with Crippen molar-refractivity contribution in [2.24, 2.45) is 17.8 Å². The maximum atomic E-state index is 11.8. The van der Waals surface area contributed by atoms with Crippen LogP contribution in [0.3, 0.4) is 0 Å². The third-order valence-electron chi connectivity index (χ3n) is 4.00. The largest absolute Gasteiger partial charge is 0.353 e. The average molecular weight is 179 g/mol. The minimum Gasteiger partial charge on any atom is -0.353 e. The number of hydrogen-bond acceptors (Lipinski definition) is 1. The van der Waals surface area contributed by atoms with Crippen molar-refractivity contribution in [3.63, 3.8) is 0 Å². The van der Waals surface area contributed by atoms with Crippen LogP contribution >= 0.6 is 0 Å². The number of carbonyl (C=O) groups is 1. The Morgan fingerprint density at radius 3 is 2.46 bits per heavy atom. The lowest BCUT2D eigenvalue weighted by Gasteiger charge is -2.20. The van der Waals surface area contributed by atoms with Gasteiger partial charge in [0.25, 0.3) is 0 Å². The van der Waals surface area contributed by atoms with Crippen LogP contribution in [0.15, 0.2) is 0 Å².